The lowest BCUT2D eigenvalue weighted by molar-refractivity contribution is 0.300. The van der Waals surface area contributed by atoms with E-state index < -0.39 is 10.0 Å². The summed E-state index contributed by atoms with van der Waals surface area (Å²) in [5.41, 5.74) is 0. The molecule has 4 rings (SSSR count). The lowest BCUT2D eigenvalue weighted by atomic mass is 9.91. The van der Waals surface area contributed by atoms with Gasteiger partial charge in [0.25, 0.3) is 0 Å². The molecule has 0 unspecified atom stereocenters. The molecule has 2 fully saturated rings. The van der Waals surface area contributed by atoms with E-state index in [9.17, 15) is 8.42 Å². The van der Waals surface area contributed by atoms with Gasteiger partial charge in [0.2, 0.25) is 10.0 Å². The van der Waals surface area contributed by atoms with E-state index >= 15 is 0 Å². The lowest BCUT2D eigenvalue weighted by Crippen LogP contribution is -2.39. The number of aromatic nitrogens is 3. The predicted molar refractivity (Wildman–Crippen MR) is 110 cm³/mol. The van der Waals surface area contributed by atoms with Crippen molar-refractivity contribution in [2.45, 2.75) is 81.2 Å². The molecule has 2 aliphatic carbocycles. The highest BCUT2D eigenvalue weighted by Gasteiger charge is 2.33. The molecule has 1 N–H and O–H groups in total. The van der Waals surface area contributed by atoms with Gasteiger partial charge in [-0.05, 0) is 69.2 Å². The Morgan fingerprint density at radius 3 is 2.69 bits per heavy atom. The van der Waals surface area contributed by atoms with Crippen molar-refractivity contribution in [2.75, 3.05) is 6.61 Å². The van der Waals surface area contributed by atoms with Crippen LogP contribution in [0, 0.1) is 0 Å². The molecule has 0 spiro atoms. The van der Waals surface area contributed by atoms with Gasteiger partial charge in [0.15, 0.2) is 0 Å². The Hall–Kier alpha value is -1.93. The first-order valence-electron chi connectivity index (χ1n) is 10.7. The SMILES string of the molecule is CCCCOc1ccc(S(=O)(=O)N[C@H]2CCC[C@@H](n3cnnc3C3CC3)C2)cc1. The van der Waals surface area contributed by atoms with Gasteiger partial charge in [-0.2, -0.15) is 0 Å². The molecule has 29 heavy (non-hydrogen) atoms. The van der Waals surface area contributed by atoms with Gasteiger partial charge in [0.1, 0.15) is 17.9 Å². The highest BCUT2D eigenvalue weighted by Crippen LogP contribution is 2.41. The molecule has 8 heteroatoms. The Bertz CT molecular complexity index is 906. The molecule has 1 heterocycles. The summed E-state index contributed by atoms with van der Waals surface area (Å²) < 4.78 is 36.5. The number of benzene rings is 1. The molecule has 0 radical (unpaired) electrons. The Morgan fingerprint density at radius 2 is 1.97 bits per heavy atom. The number of unbranched alkanes of at least 4 members (excludes halogenated alkanes) is 1. The summed E-state index contributed by atoms with van der Waals surface area (Å²) in [6.45, 7) is 2.76. The van der Waals surface area contributed by atoms with E-state index in [2.05, 4.69) is 26.4 Å². The van der Waals surface area contributed by atoms with Gasteiger partial charge >= 0.3 is 0 Å². The van der Waals surface area contributed by atoms with Crippen molar-refractivity contribution in [3.63, 3.8) is 0 Å². The Kier molecular flexibility index (Phi) is 6.20. The minimum absolute atomic E-state index is 0.0753. The molecule has 2 aromatic rings. The number of ether oxygens (including phenoxy) is 1. The van der Waals surface area contributed by atoms with Crippen LogP contribution in [0.2, 0.25) is 0 Å². The fourth-order valence-corrected chi connectivity index (χ4v) is 5.31. The van der Waals surface area contributed by atoms with Gasteiger partial charge in [-0.3, -0.25) is 0 Å². The second kappa shape index (κ2) is 8.83. The molecular formula is C21H30N4O3S. The fourth-order valence-electron chi connectivity index (χ4n) is 4.03. The third-order valence-corrected chi connectivity index (χ3v) is 7.34. The van der Waals surface area contributed by atoms with Gasteiger partial charge in [-0.25, -0.2) is 13.1 Å². The van der Waals surface area contributed by atoms with Gasteiger partial charge in [0, 0.05) is 18.0 Å². The van der Waals surface area contributed by atoms with Crippen LogP contribution in [0.25, 0.3) is 0 Å². The minimum Gasteiger partial charge on any atom is -0.494 e. The van der Waals surface area contributed by atoms with Gasteiger partial charge in [-0.1, -0.05) is 13.3 Å². The molecule has 7 nitrogen and oxygen atoms in total. The second-order valence-electron chi connectivity index (χ2n) is 8.18. The Labute approximate surface area is 172 Å². The first-order chi connectivity index (χ1) is 14.1. The highest BCUT2D eigenvalue weighted by molar-refractivity contribution is 7.89. The van der Waals surface area contributed by atoms with Crippen molar-refractivity contribution in [1.29, 1.82) is 0 Å². The topological polar surface area (TPSA) is 86.1 Å². The van der Waals surface area contributed by atoms with Crippen LogP contribution >= 0.6 is 0 Å². The van der Waals surface area contributed by atoms with Crippen molar-refractivity contribution in [2.24, 2.45) is 0 Å². The van der Waals surface area contributed by atoms with Crippen LogP contribution in [0.1, 0.15) is 76.1 Å². The predicted octanol–water partition coefficient (Wildman–Crippen LogP) is 3.80. The summed E-state index contributed by atoms with van der Waals surface area (Å²) >= 11 is 0. The van der Waals surface area contributed by atoms with E-state index in [0.29, 0.717) is 18.3 Å². The summed E-state index contributed by atoms with van der Waals surface area (Å²) in [5.74, 6) is 2.31. The molecule has 0 saturated heterocycles. The van der Waals surface area contributed by atoms with Gasteiger partial charge in [0.05, 0.1) is 11.5 Å². The van der Waals surface area contributed by atoms with E-state index in [4.69, 9.17) is 4.74 Å². The highest BCUT2D eigenvalue weighted by atomic mass is 32.2. The third-order valence-electron chi connectivity index (χ3n) is 5.81. The van der Waals surface area contributed by atoms with E-state index in [0.717, 1.165) is 44.3 Å². The normalized spacial score (nSPS) is 22.5. The van der Waals surface area contributed by atoms with Crippen LogP contribution in [0.5, 0.6) is 5.75 Å². The maximum atomic E-state index is 12.9. The standard InChI is InChI=1S/C21H30N4O3S/c1-2-3-13-28-19-9-11-20(12-10-19)29(26,27)24-17-5-4-6-18(14-17)25-15-22-23-21(25)16-7-8-16/h9-12,15-18,24H,2-8,13-14H2,1H3/t17-,18+/m0/s1. The van der Waals surface area contributed by atoms with Crippen LogP contribution in [-0.4, -0.2) is 35.8 Å². The monoisotopic (exact) mass is 418 g/mol. The molecule has 2 aliphatic rings. The molecule has 1 aromatic heterocycles. The van der Waals surface area contributed by atoms with Crippen molar-refractivity contribution in [3.05, 3.63) is 36.4 Å². The average molecular weight is 419 g/mol. The maximum Gasteiger partial charge on any atom is 0.240 e. The van der Waals surface area contributed by atoms with E-state index in [1.165, 1.54) is 12.8 Å². The smallest absolute Gasteiger partial charge is 0.240 e. The zero-order chi connectivity index (χ0) is 20.3. The minimum atomic E-state index is -3.55. The van der Waals surface area contributed by atoms with Crippen LogP contribution in [0.3, 0.4) is 0 Å². The van der Waals surface area contributed by atoms with Crippen molar-refractivity contribution in [1.82, 2.24) is 19.5 Å². The molecule has 0 aliphatic heterocycles. The number of rotatable bonds is 9. The summed E-state index contributed by atoms with van der Waals surface area (Å²) in [4.78, 5) is 0.283. The van der Waals surface area contributed by atoms with Crippen LogP contribution in [-0.2, 0) is 10.0 Å². The van der Waals surface area contributed by atoms with Crippen LogP contribution in [0.4, 0.5) is 0 Å². The van der Waals surface area contributed by atoms with E-state index in [1.54, 1.807) is 24.3 Å². The number of sulfonamides is 1. The molecule has 158 valence electrons. The number of hydrogen-bond acceptors (Lipinski definition) is 5. The first kappa shape index (κ1) is 20.3. The van der Waals surface area contributed by atoms with E-state index in [-0.39, 0.29) is 17.0 Å². The summed E-state index contributed by atoms with van der Waals surface area (Å²) in [5, 5.41) is 8.40. The molecule has 2 saturated carbocycles. The molecule has 2 atom stereocenters. The summed E-state index contributed by atoms with van der Waals surface area (Å²) in [6, 6.07) is 6.88. The zero-order valence-corrected chi connectivity index (χ0v) is 17.8. The largest absolute Gasteiger partial charge is 0.494 e. The van der Waals surface area contributed by atoms with Crippen LogP contribution < -0.4 is 9.46 Å². The van der Waals surface area contributed by atoms with Crippen molar-refractivity contribution in [3.8, 4) is 5.75 Å². The van der Waals surface area contributed by atoms with Gasteiger partial charge < -0.3 is 9.30 Å². The van der Waals surface area contributed by atoms with Gasteiger partial charge in [-0.15, -0.1) is 10.2 Å². The summed E-state index contributed by atoms with van der Waals surface area (Å²) in [7, 11) is -3.55. The second-order valence-corrected chi connectivity index (χ2v) is 9.90. The summed E-state index contributed by atoms with van der Waals surface area (Å²) in [6.07, 6.45) is 9.88. The first-order valence-corrected chi connectivity index (χ1v) is 12.2. The quantitative estimate of drug-likeness (QED) is 0.626. The third kappa shape index (κ3) is 4.98. The number of nitrogens with zero attached hydrogens (tertiary/aromatic N) is 3. The molecule has 1 aromatic carbocycles. The zero-order valence-electron chi connectivity index (χ0n) is 17.0. The molecular weight excluding hydrogens is 388 g/mol. The maximum absolute atomic E-state index is 12.9. The average Bonchev–Trinajstić information content (AvgIpc) is 3.45. The number of nitrogens with one attached hydrogen (secondary N) is 1. The van der Waals surface area contributed by atoms with Crippen molar-refractivity contribution < 1.29 is 13.2 Å². The van der Waals surface area contributed by atoms with E-state index in [1.807, 2.05) is 6.33 Å². The Balaban J connectivity index is 1.39. The number of hydrogen-bond donors (Lipinski definition) is 1. The van der Waals surface area contributed by atoms with Crippen LogP contribution in [0.15, 0.2) is 35.5 Å². The molecule has 0 bridgehead atoms. The molecule has 0 amide bonds. The Morgan fingerprint density at radius 1 is 1.17 bits per heavy atom. The fraction of sp³-hybridized carbons (Fsp3) is 0.619. The lowest BCUT2D eigenvalue weighted by Gasteiger charge is -2.31. The van der Waals surface area contributed by atoms with Crippen molar-refractivity contribution >= 4 is 10.0 Å².